The molecule has 3 heterocycles. The Labute approximate surface area is 130 Å². The Morgan fingerprint density at radius 3 is 3.14 bits per heavy atom. The minimum atomic E-state index is 0.605. The van der Waals surface area contributed by atoms with Crippen molar-refractivity contribution in [2.45, 2.75) is 43.8 Å². The van der Waals surface area contributed by atoms with Crippen LogP contribution in [-0.2, 0) is 13.0 Å². The van der Waals surface area contributed by atoms with Crippen molar-refractivity contribution in [3.05, 3.63) is 23.3 Å². The lowest BCUT2D eigenvalue weighted by atomic mass is 10.1. The number of rotatable bonds is 2. The maximum atomic E-state index is 6.12. The molecule has 1 fully saturated rings. The van der Waals surface area contributed by atoms with E-state index in [4.69, 9.17) is 4.74 Å². The van der Waals surface area contributed by atoms with Crippen molar-refractivity contribution in [1.82, 2.24) is 9.88 Å². The summed E-state index contributed by atoms with van der Waals surface area (Å²) in [4.78, 5) is 6.25. The number of aromatic amines is 1. The highest BCUT2D eigenvalue weighted by atomic mass is 32.2. The molecule has 0 saturated carbocycles. The maximum Gasteiger partial charge on any atom is 0.126 e. The van der Waals surface area contributed by atoms with E-state index in [1.54, 1.807) is 0 Å². The normalized spacial score (nSPS) is 21.9. The van der Waals surface area contributed by atoms with Crippen LogP contribution in [0, 0.1) is 0 Å². The summed E-state index contributed by atoms with van der Waals surface area (Å²) in [6, 6.07) is 5.02. The van der Waals surface area contributed by atoms with Crippen LogP contribution in [0.4, 0.5) is 0 Å². The van der Waals surface area contributed by atoms with Gasteiger partial charge in [0.1, 0.15) is 12.4 Å². The molecule has 112 valence electrons. The van der Waals surface area contributed by atoms with Gasteiger partial charge in [-0.2, -0.15) is 0 Å². The van der Waals surface area contributed by atoms with Crippen LogP contribution in [0.15, 0.2) is 17.2 Å². The van der Waals surface area contributed by atoms with Crippen molar-refractivity contribution in [3.8, 4) is 5.75 Å². The van der Waals surface area contributed by atoms with E-state index in [2.05, 4.69) is 35.2 Å². The Morgan fingerprint density at radius 2 is 2.33 bits per heavy atom. The average molecular weight is 302 g/mol. The van der Waals surface area contributed by atoms with Crippen molar-refractivity contribution in [2.75, 3.05) is 19.4 Å². The summed E-state index contributed by atoms with van der Waals surface area (Å²) in [5.41, 5.74) is 4.09. The van der Waals surface area contributed by atoms with E-state index in [0.29, 0.717) is 6.04 Å². The molecular weight excluding hydrogens is 280 g/mol. The van der Waals surface area contributed by atoms with Gasteiger partial charge in [-0.05, 0) is 49.8 Å². The first-order valence-corrected chi connectivity index (χ1v) is 9.11. The van der Waals surface area contributed by atoms with Gasteiger partial charge in [-0.25, -0.2) is 0 Å². The highest BCUT2D eigenvalue weighted by Gasteiger charge is 2.30. The molecule has 1 saturated heterocycles. The predicted octanol–water partition coefficient (Wildman–Crippen LogP) is 3.81. The summed E-state index contributed by atoms with van der Waals surface area (Å²) in [7, 11) is 0. The van der Waals surface area contributed by atoms with E-state index in [-0.39, 0.29) is 0 Å². The largest absolute Gasteiger partial charge is 0.492 e. The van der Waals surface area contributed by atoms with E-state index in [1.165, 1.54) is 46.4 Å². The summed E-state index contributed by atoms with van der Waals surface area (Å²) >= 11 is 1.81. The van der Waals surface area contributed by atoms with Crippen LogP contribution in [0.25, 0.3) is 10.9 Å². The summed E-state index contributed by atoms with van der Waals surface area (Å²) in [5, 5.41) is 2.69. The van der Waals surface area contributed by atoms with Gasteiger partial charge in [0.05, 0.1) is 10.5 Å². The number of nitrogens with zero attached hydrogens (tertiary/aromatic N) is 1. The first kappa shape index (κ1) is 13.5. The predicted molar refractivity (Wildman–Crippen MR) is 88.4 cm³/mol. The minimum Gasteiger partial charge on any atom is -0.492 e. The number of thioether (sulfide) groups is 1. The fraction of sp³-hybridized carbons (Fsp3) is 0.529. The van der Waals surface area contributed by atoms with Gasteiger partial charge >= 0.3 is 0 Å². The molecule has 2 aromatic rings. The van der Waals surface area contributed by atoms with Crippen molar-refractivity contribution in [3.63, 3.8) is 0 Å². The number of hydrogen-bond donors (Lipinski definition) is 1. The molecule has 0 radical (unpaired) electrons. The second-order valence-electron chi connectivity index (χ2n) is 6.03. The molecule has 21 heavy (non-hydrogen) atoms. The van der Waals surface area contributed by atoms with E-state index in [1.807, 2.05) is 11.8 Å². The van der Waals surface area contributed by atoms with E-state index in [9.17, 15) is 0 Å². The highest BCUT2D eigenvalue weighted by Crippen LogP contribution is 2.38. The molecule has 0 amide bonds. The van der Waals surface area contributed by atoms with Crippen molar-refractivity contribution >= 4 is 22.7 Å². The van der Waals surface area contributed by atoms with Crippen LogP contribution in [0.1, 0.15) is 30.9 Å². The fourth-order valence-electron chi connectivity index (χ4n) is 3.83. The molecule has 1 N–H and O–H groups in total. The molecule has 3 nitrogen and oxygen atoms in total. The third-order valence-electron chi connectivity index (χ3n) is 4.96. The first-order valence-electron chi connectivity index (χ1n) is 7.89. The van der Waals surface area contributed by atoms with Gasteiger partial charge in [0.15, 0.2) is 0 Å². The van der Waals surface area contributed by atoms with Crippen LogP contribution in [0.2, 0.25) is 0 Å². The SMILES string of the molecule is CCc1c(SC)[nH]c2c3c(ccc12)OCC1CCCN1C3. The molecule has 4 heteroatoms. The number of fused-ring (bicyclic) bond motifs is 4. The summed E-state index contributed by atoms with van der Waals surface area (Å²) in [6.45, 7) is 5.31. The standard InChI is InChI=1S/C17H22N2OS/c1-3-12-13-6-7-15-14(16(13)18-17(12)21-2)9-19-8-4-5-11(19)10-20-15/h6-7,11,18H,3-5,8-10H2,1-2H3. The third-order valence-corrected chi connectivity index (χ3v) is 5.71. The number of aromatic nitrogens is 1. The van der Waals surface area contributed by atoms with Crippen LogP contribution in [-0.4, -0.2) is 35.3 Å². The van der Waals surface area contributed by atoms with E-state index in [0.717, 1.165) is 25.3 Å². The van der Waals surface area contributed by atoms with Crippen LogP contribution < -0.4 is 4.74 Å². The fourth-order valence-corrected chi connectivity index (χ4v) is 4.54. The lowest BCUT2D eigenvalue weighted by Gasteiger charge is -2.19. The van der Waals surface area contributed by atoms with Crippen LogP contribution in [0.3, 0.4) is 0 Å². The molecule has 0 aliphatic carbocycles. The molecular formula is C17H22N2OS. The summed E-state index contributed by atoms with van der Waals surface area (Å²) in [5.74, 6) is 1.08. The van der Waals surface area contributed by atoms with Crippen molar-refractivity contribution < 1.29 is 4.74 Å². The molecule has 1 aromatic heterocycles. The van der Waals surface area contributed by atoms with E-state index >= 15 is 0 Å². The zero-order chi connectivity index (χ0) is 14.4. The second kappa shape index (κ2) is 5.25. The number of ether oxygens (including phenoxy) is 1. The lowest BCUT2D eigenvalue weighted by molar-refractivity contribution is 0.189. The molecule has 0 spiro atoms. The van der Waals surface area contributed by atoms with Gasteiger partial charge in [-0.15, -0.1) is 11.8 Å². The Balaban J connectivity index is 1.88. The van der Waals surface area contributed by atoms with Crippen LogP contribution >= 0.6 is 11.8 Å². The smallest absolute Gasteiger partial charge is 0.126 e. The van der Waals surface area contributed by atoms with Crippen molar-refractivity contribution in [1.29, 1.82) is 0 Å². The van der Waals surface area contributed by atoms with Gasteiger partial charge in [0.2, 0.25) is 0 Å². The van der Waals surface area contributed by atoms with Gasteiger partial charge in [-0.3, -0.25) is 4.90 Å². The average Bonchev–Trinajstić information content (AvgIpc) is 3.06. The Morgan fingerprint density at radius 1 is 1.43 bits per heavy atom. The Bertz CT molecular complexity index is 679. The minimum absolute atomic E-state index is 0.605. The molecule has 4 rings (SSSR count). The third kappa shape index (κ3) is 2.08. The first-order chi connectivity index (χ1) is 10.3. The number of nitrogens with one attached hydrogen (secondary N) is 1. The highest BCUT2D eigenvalue weighted by molar-refractivity contribution is 7.98. The quantitative estimate of drug-likeness (QED) is 0.855. The van der Waals surface area contributed by atoms with Gasteiger partial charge in [0, 0.05) is 23.5 Å². The zero-order valence-electron chi connectivity index (χ0n) is 12.7. The van der Waals surface area contributed by atoms with Crippen molar-refractivity contribution in [2.24, 2.45) is 0 Å². The molecule has 2 aliphatic rings. The number of H-pyrrole nitrogens is 1. The number of benzene rings is 1. The van der Waals surface area contributed by atoms with Gasteiger partial charge < -0.3 is 9.72 Å². The summed E-state index contributed by atoms with van der Waals surface area (Å²) in [6.07, 6.45) is 5.80. The topological polar surface area (TPSA) is 28.3 Å². The lowest BCUT2D eigenvalue weighted by Crippen LogP contribution is -2.31. The molecule has 1 aromatic carbocycles. The molecule has 0 bridgehead atoms. The van der Waals surface area contributed by atoms with Gasteiger partial charge in [-0.1, -0.05) is 6.92 Å². The monoisotopic (exact) mass is 302 g/mol. The Hall–Kier alpha value is -1.13. The zero-order valence-corrected chi connectivity index (χ0v) is 13.6. The maximum absolute atomic E-state index is 6.12. The van der Waals surface area contributed by atoms with Gasteiger partial charge in [0.25, 0.3) is 0 Å². The molecule has 1 atom stereocenters. The molecule has 1 unspecified atom stereocenters. The summed E-state index contributed by atoms with van der Waals surface area (Å²) < 4.78 is 6.12. The van der Waals surface area contributed by atoms with E-state index < -0.39 is 0 Å². The molecule has 2 aliphatic heterocycles. The Kier molecular flexibility index (Phi) is 3.38. The van der Waals surface area contributed by atoms with Crippen LogP contribution in [0.5, 0.6) is 5.75 Å². The number of aryl methyl sites for hydroxylation is 1. The number of hydrogen-bond acceptors (Lipinski definition) is 3. The second-order valence-corrected chi connectivity index (χ2v) is 6.85.